The highest BCUT2D eigenvalue weighted by atomic mass is 35.5. The van der Waals surface area contributed by atoms with Crippen LogP contribution in [-0.4, -0.2) is 0 Å². The number of nitrogens with two attached hydrogens (primary N) is 1. The first-order valence-electron chi connectivity index (χ1n) is 3.05. The summed E-state index contributed by atoms with van der Waals surface area (Å²) >= 11 is 5.37. The average molecular weight is 196 g/mol. The fourth-order valence-electron chi connectivity index (χ4n) is 0.745. The van der Waals surface area contributed by atoms with Crippen molar-refractivity contribution in [2.75, 3.05) is 5.73 Å². The van der Waals surface area contributed by atoms with Gasteiger partial charge in [-0.05, 0) is 12.1 Å². The second kappa shape index (κ2) is 3.23. The van der Waals surface area contributed by atoms with Crippen LogP contribution in [0.4, 0.5) is 18.9 Å². The maximum Gasteiger partial charge on any atom is 0.265 e. The van der Waals surface area contributed by atoms with Crippen LogP contribution < -0.4 is 5.73 Å². The molecule has 12 heavy (non-hydrogen) atoms. The van der Waals surface area contributed by atoms with Crippen molar-refractivity contribution < 1.29 is 13.2 Å². The lowest BCUT2D eigenvalue weighted by Crippen LogP contribution is -1.94. The van der Waals surface area contributed by atoms with Crippen LogP contribution in [0.25, 0.3) is 0 Å². The Morgan fingerprint density at radius 2 is 1.92 bits per heavy atom. The first-order chi connectivity index (χ1) is 5.52. The van der Waals surface area contributed by atoms with E-state index >= 15 is 0 Å². The van der Waals surface area contributed by atoms with Crippen molar-refractivity contribution in [2.24, 2.45) is 0 Å². The zero-order valence-electron chi connectivity index (χ0n) is 5.82. The molecule has 2 N–H and O–H groups in total. The highest BCUT2D eigenvalue weighted by Gasteiger charge is 2.14. The van der Waals surface area contributed by atoms with Crippen molar-refractivity contribution in [2.45, 2.75) is 6.43 Å². The summed E-state index contributed by atoms with van der Waals surface area (Å²) in [7, 11) is 0. The third-order valence-electron chi connectivity index (χ3n) is 1.35. The fraction of sp³-hybridized carbons (Fsp3) is 0.143. The van der Waals surface area contributed by atoms with Crippen molar-refractivity contribution in [1.82, 2.24) is 0 Å². The fourth-order valence-corrected chi connectivity index (χ4v) is 0.999. The molecular weight excluding hydrogens is 191 g/mol. The molecule has 0 aromatic heterocycles. The SMILES string of the molecule is Nc1cc(Cl)c(C(F)F)cc1F. The molecular formula is C7H5ClF3N. The molecule has 0 saturated carbocycles. The summed E-state index contributed by atoms with van der Waals surface area (Å²) in [6.45, 7) is 0. The van der Waals surface area contributed by atoms with E-state index in [0.717, 1.165) is 6.07 Å². The van der Waals surface area contributed by atoms with Gasteiger partial charge in [-0.3, -0.25) is 0 Å². The number of halogens is 4. The molecule has 1 rings (SSSR count). The maximum atomic E-state index is 12.6. The Hall–Kier alpha value is -0.900. The Bertz CT molecular complexity index is 301. The number of nitrogen functional groups attached to an aromatic ring is 1. The summed E-state index contributed by atoms with van der Waals surface area (Å²) in [6.07, 6.45) is -2.78. The van der Waals surface area contributed by atoms with Crippen LogP contribution in [0.1, 0.15) is 12.0 Å². The molecule has 0 amide bonds. The lowest BCUT2D eigenvalue weighted by molar-refractivity contribution is 0.151. The highest BCUT2D eigenvalue weighted by molar-refractivity contribution is 6.31. The average Bonchev–Trinajstić information content (AvgIpc) is 1.96. The van der Waals surface area contributed by atoms with Crippen LogP contribution in [-0.2, 0) is 0 Å². The van der Waals surface area contributed by atoms with E-state index in [4.69, 9.17) is 17.3 Å². The monoisotopic (exact) mass is 195 g/mol. The topological polar surface area (TPSA) is 26.0 Å². The van der Waals surface area contributed by atoms with E-state index in [0.29, 0.717) is 6.07 Å². The first kappa shape index (κ1) is 9.19. The number of hydrogen-bond acceptors (Lipinski definition) is 1. The van der Waals surface area contributed by atoms with Gasteiger partial charge in [-0.25, -0.2) is 13.2 Å². The van der Waals surface area contributed by atoms with Gasteiger partial charge < -0.3 is 5.73 Å². The second-order valence-electron chi connectivity index (χ2n) is 2.20. The Labute approximate surface area is 71.9 Å². The Kier molecular flexibility index (Phi) is 2.47. The molecule has 66 valence electrons. The largest absolute Gasteiger partial charge is 0.396 e. The van der Waals surface area contributed by atoms with Gasteiger partial charge in [0.15, 0.2) is 0 Å². The lowest BCUT2D eigenvalue weighted by Gasteiger charge is -2.04. The summed E-state index contributed by atoms with van der Waals surface area (Å²) in [5.41, 5.74) is 4.31. The van der Waals surface area contributed by atoms with E-state index in [1.54, 1.807) is 0 Å². The molecule has 0 heterocycles. The van der Waals surface area contributed by atoms with Crippen LogP contribution in [0.5, 0.6) is 0 Å². The molecule has 0 aliphatic rings. The Balaban J connectivity index is 3.23. The summed E-state index contributed by atoms with van der Waals surface area (Å²) in [5, 5.41) is -0.219. The first-order valence-corrected chi connectivity index (χ1v) is 3.42. The van der Waals surface area contributed by atoms with Crippen molar-refractivity contribution >= 4 is 17.3 Å². The number of anilines is 1. The van der Waals surface area contributed by atoms with Gasteiger partial charge in [0.05, 0.1) is 10.7 Å². The predicted octanol–water partition coefficient (Wildman–Crippen LogP) is 3.00. The molecule has 0 aliphatic heterocycles. The Morgan fingerprint density at radius 3 is 2.42 bits per heavy atom. The molecule has 1 nitrogen and oxygen atoms in total. The van der Waals surface area contributed by atoms with Gasteiger partial charge in [0.1, 0.15) is 5.82 Å². The summed E-state index contributed by atoms with van der Waals surface area (Å²) in [4.78, 5) is 0. The van der Waals surface area contributed by atoms with Gasteiger partial charge in [-0.1, -0.05) is 11.6 Å². The van der Waals surface area contributed by atoms with E-state index in [-0.39, 0.29) is 10.7 Å². The van der Waals surface area contributed by atoms with Crippen molar-refractivity contribution in [3.8, 4) is 0 Å². The molecule has 0 spiro atoms. The van der Waals surface area contributed by atoms with E-state index in [1.165, 1.54) is 0 Å². The summed E-state index contributed by atoms with van der Waals surface area (Å²) in [6, 6.07) is 1.61. The van der Waals surface area contributed by atoms with Gasteiger partial charge in [0.2, 0.25) is 0 Å². The minimum absolute atomic E-state index is 0.219. The summed E-state index contributed by atoms with van der Waals surface area (Å²) < 4.78 is 36.7. The van der Waals surface area contributed by atoms with Crippen LogP contribution in [0.15, 0.2) is 12.1 Å². The van der Waals surface area contributed by atoms with E-state index < -0.39 is 17.8 Å². The molecule has 0 aliphatic carbocycles. The minimum Gasteiger partial charge on any atom is -0.396 e. The second-order valence-corrected chi connectivity index (χ2v) is 2.60. The molecule has 0 fully saturated rings. The smallest absolute Gasteiger partial charge is 0.265 e. The molecule has 0 bridgehead atoms. The minimum atomic E-state index is -2.78. The number of rotatable bonds is 1. The van der Waals surface area contributed by atoms with E-state index in [1.807, 2.05) is 0 Å². The van der Waals surface area contributed by atoms with Gasteiger partial charge in [0, 0.05) is 5.56 Å². The maximum absolute atomic E-state index is 12.6. The van der Waals surface area contributed by atoms with Crippen LogP contribution in [0, 0.1) is 5.82 Å². The van der Waals surface area contributed by atoms with Gasteiger partial charge >= 0.3 is 0 Å². The number of alkyl halides is 2. The Morgan fingerprint density at radius 1 is 1.33 bits per heavy atom. The predicted molar refractivity (Wildman–Crippen MR) is 40.8 cm³/mol. The third-order valence-corrected chi connectivity index (χ3v) is 1.68. The van der Waals surface area contributed by atoms with Crippen molar-refractivity contribution in [3.63, 3.8) is 0 Å². The molecule has 1 aromatic rings. The van der Waals surface area contributed by atoms with E-state index in [9.17, 15) is 13.2 Å². The molecule has 0 radical (unpaired) electrons. The standard InChI is InChI=1S/C7H5ClF3N/c8-4-2-6(12)5(9)1-3(4)7(10)11/h1-2,7H,12H2. The molecule has 0 atom stereocenters. The van der Waals surface area contributed by atoms with E-state index in [2.05, 4.69) is 0 Å². The van der Waals surface area contributed by atoms with Gasteiger partial charge in [0.25, 0.3) is 6.43 Å². The van der Waals surface area contributed by atoms with Crippen LogP contribution in [0.3, 0.4) is 0 Å². The van der Waals surface area contributed by atoms with Crippen LogP contribution in [0.2, 0.25) is 5.02 Å². The number of benzene rings is 1. The lowest BCUT2D eigenvalue weighted by atomic mass is 10.2. The zero-order valence-corrected chi connectivity index (χ0v) is 6.58. The molecule has 0 saturated heterocycles. The van der Waals surface area contributed by atoms with Crippen molar-refractivity contribution in [1.29, 1.82) is 0 Å². The van der Waals surface area contributed by atoms with Gasteiger partial charge in [-0.15, -0.1) is 0 Å². The van der Waals surface area contributed by atoms with Crippen molar-refractivity contribution in [3.05, 3.63) is 28.5 Å². The van der Waals surface area contributed by atoms with Crippen LogP contribution >= 0.6 is 11.6 Å². The normalized spacial score (nSPS) is 10.8. The van der Waals surface area contributed by atoms with Gasteiger partial charge in [-0.2, -0.15) is 0 Å². The number of hydrogen-bond donors (Lipinski definition) is 1. The zero-order chi connectivity index (χ0) is 9.30. The molecule has 0 unspecified atom stereocenters. The quantitative estimate of drug-likeness (QED) is 0.685. The third kappa shape index (κ3) is 1.64. The summed E-state index contributed by atoms with van der Waals surface area (Å²) in [5.74, 6) is -0.880. The molecule has 1 aromatic carbocycles. The molecule has 5 heteroatoms. The highest BCUT2D eigenvalue weighted by Crippen LogP contribution is 2.29.